The lowest BCUT2D eigenvalue weighted by Crippen LogP contribution is -2.40. The van der Waals surface area contributed by atoms with Crippen molar-refractivity contribution in [2.75, 3.05) is 7.05 Å². The van der Waals surface area contributed by atoms with Crippen LogP contribution in [0.4, 0.5) is 0 Å². The van der Waals surface area contributed by atoms with Crippen molar-refractivity contribution in [3.63, 3.8) is 0 Å². The Balaban J connectivity index is 2.41. The van der Waals surface area contributed by atoms with Gasteiger partial charge in [-0.05, 0) is 32.1 Å². The molecule has 92 valence electrons. The van der Waals surface area contributed by atoms with Gasteiger partial charge in [-0.3, -0.25) is 9.59 Å². The molecule has 0 heterocycles. The molecule has 0 aromatic carbocycles. The number of aliphatic carboxylic acids is 1. The van der Waals surface area contributed by atoms with Crippen molar-refractivity contribution in [3.05, 3.63) is 0 Å². The molecule has 4 nitrogen and oxygen atoms in total. The van der Waals surface area contributed by atoms with Crippen molar-refractivity contribution >= 4 is 11.9 Å². The van der Waals surface area contributed by atoms with Crippen LogP contribution in [-0.2, 0) is 9.59 Å². The molecule has 1 saturated carbocycles. The van der Waals surface area contributed by atoms with E-state index < -0.39 is 5.97 Å². The van der Waals surface area contributed by atoms with Crippen LogP contribution in [0.15, 0.2) is 0 Å². The molecule has 0 unspecified atom stereocenters. The van der Waals surface area contributed by atoms with Crippen molar-refractivity contribution in [2.24, 2.45) is 5.92 Å². The number of hydrogen-bond donors (Lipinski definition) is 1. The van der Waals surface area contributed by atoms with Crippen molar-refractivity contribution < 1.29 is 14.7 Å². The topological polar surface area (TPSA) is 57.6 Å². The Morgan fingerprint density at radius 3 is 2.25 bits per heavy atom. The van der Waals surface area contributed by atoms with Crippen LogP contribution in [0.1, 0.15) is 45.4 Å². The van der Waals surface area contributed by atoms with Crippen LogP contribution in [0.3, 0.4) is 0 Å². The molecule has 1 aliphatic carbocycles. The first-order chi connectivity index (χ1) is 7.56. The first kappa shape index (κ1) is 13.0. The molecule has 0 aromatic heterocycles. The second kappa shape index (κ2) is 5.87. The lowest BCUT2D eigenvalue weighted by atomic mass is 9.85. The van der Waals surface area contributed by atoms with Gasteiger partial charge in [-0.25, -0.2) is 0 Å². The van der Waals surface area contributed by atoms with Crippen LogP contribution in [-0.4, -0.2) is 35.0 Å². The molecular weight excluding hydrogens is 206 g/mol. The summed E-state index contributed by atoms with van der Waals surface area (Å²) in [5, 5.41) is 8.88. The van der Waals surface area contributed by atoms with Crippen LogP contribution in [0.5, 0.6) is 0 Å². The van der Waals surface area contributed by atoms with E-state index in [4.69, 9.17) is 5.11 Å². The van der Waals surface area contributed by atoms with Gasteiger partial charge in [-0.2, -0.15) is 0 Å². The molecule has 0 atom stereocenters. The monoisotopic (exact) mass is 227 g/mol. The summed E-state index contributed by atoms with van der Waals surface area (Å²) >= 11 is 0. The number of hydrogen-bond acceptors (Lipinski definition) is 2. The predicted octanol–water partition coefficient (Wildman–Crippen LogP) is 1.89. The third-order valence-electron chi connectivity index (χ3n) is 3.45. The van der Waals surface area contributed by atoms with Crippen molar-refractivity contribution in [3.8, 4) is 0 Å². The third kappa shape index (κ3) is 3.22. The normalized spacial score (nSPS) is 25.1. The van der Waals surface area contributed by atoms with Gasteiger partial charge < -0.3 is 10.0 Å². The largest absolute Gasteiger partial charge is 0.481 e. The van der Waals surface area contributed by atoms with Crippen LogP contribution >= 0.6 is 0 Å². The lowest BCUT2D eigenvalue weighted by Gasteiger charge is -2.33. The zero-order valence-corrected chi connectivity index (χ0v) is 10.1. The molecule has 1 amide bonds. The number of carbonyl (C=O) groups is 2. The first-order valence-corrected chi connectivity index (χ1v) is 6.04. The van der Waals surface area contributed by atoms with E-state index in [9.17, 15) is 9.59 Å². The van der Waals surface area contributed by atoms with Gasteiger partial charge in [0.15, 0.2) is 0 Å². The number of nitrogens with zero attached hydrogens (tertiary/aromatic N) is 1. The standard InChI is InChI=1S/C12H21NO3/c1-3-4-11(14)13(2)10-7-5-9(6-8-10)12(15)16/h9-10H,3-8H2,1-2H3,(H,15,16). The molecule has 1 aliphatic rings. The molecule has 0 bridgehead atoms. The van der Waals surface area contributed by atoms with Gasteiger partial charge in [0.05, 0.1) is 5.92 Å². The fourth-order valence-corrected chi connectivity index (χ4v) is 2.30. The minimum absolute atomic E-state index is 0.182. The third-order valence-corrected chi connectivity index (χ3v) is 3.45. The molecule has 0 aromatic rings. The maximum atomic E-state index is 11.7. The van der Waals surface area contributed by atoms with Crippen molar-refractivity contribution in [2.45, 2.75) is 51.5 Å². The zero-order valence-electron chi connectivity index (χ0n) is 10.1. The summed E-state index contributed by atoms with van der Waals surface area (Å²) in [6.45, 7) is 1.99. The maximum Gasteiger partial charge on any atom is 0.306 e. The highest BCUT2D eigenvalue weighted by Crippen LogP contribution is 2.27. The summed E-state index contributed by atoms with van der Waals surface area (Å²) in [7, 11) is 1.84. The number of rotatable bonds is 4. The van der Waals surface area contributed by atoms with Crippen LogP contribution in [0, 0.1) is 5.92 Å². The van der Waals surface area contributed by atoms with Crippen LogP contribution in [0.25, 0.3) is 0 Å². The Kier molecular flexibility index (Phi) is 4.77. The Bertz CT molecular complexity index is 257. The fraction of sp³-hybridized carbons (Fsp3) is 0.833. The minimum Gasteiger partial charge on any atom is -0.481 e. The Morgan fingerprint density at radius 1 is 1.25 bits per heavy atom. The van der Waals surface area contributed by atoms with Crippen molar-refractivity contribution in [1.29, 1.82) is 0 Å². The van der Waals surface area contributed by atoms with Gasteiger partial charge in [0, 0.05) is 19.5 Å². The van der Waals surface area contributed by atoms with Crippen LogP contribution < -0.4 is 0 Å². The second-order valence-corrected chi connectivity index (χ2v) is 4.60. The van der Waals surface area contributed by atoms with E-state index in [0.29, 0.717) is 19.3 Å². The van der Waals surface area contributed by atoms with Gasteiger partial charge >= 0.3 is 5.97 Å². The fourth-order valence-electron chi connectivity index (χ4n) is 2.30. The molecule has 0 spiro atoms. The summed E-state index contributed by atoms with van der Waals surface area (Å²) in [4.78, 5) is 24.3. The van der Waals surface area contributed by atoms with E-state index >= 15 is 0 Å². The Morgan fingerprint density at radius 2 is 1.81 bits per heavy atom. The molecule has 0 radical (unpaired) electrons. The first-order valence-electron chi connectivity index (χ1n) is 6.04. The minimum atomic E-state index is -0.694. The summed E-state index contributed by atoms with van der Waals surface area (Å²) in [6, 6.07) is 0.245. The number of carboxylic acid groups (broad SMARTS) is 1. The van der Waals surface area contributed by atoms with Gasteiger partial charge in [-0.1, -0.05) is 6.92 Å². The Labute approximate surface area is 96.6 Å². The van der Waals surface area contributed by atoms with Gasteiger partial charge in [0.2, 0.25) is 5.91 Å². The van der Waals surface area contributed by atoms with E-state index in [1.54, 1.807) is 0 Å². The molecular formula is C12H21NO3. The summed E-state index contributed by atoms with van der Waals surface area (Å²) < 4.78 is 0. The highest BCUT2D eigenvalue weighted by Gasteiger charge is 2.29. The number of carboxylic acids is 1. The SMILES string of the molecule is CCCC(=O)N(C)C1CCC(C(=O)O)CC1. The maximum absolute atomic E-state index is 11.7. The molecule has 1 rings (SSSR count). The average Bonchev–Trinajstić information content (AvgIpc) is 2.28. The lowest BCUT2D eigenvalue weighted by molar-refractivity contribution is -0.143. The second-order valence-electron chi connectivity index (χ2n) is 4.60. The number of amides is 1. The summed E-state index contributed by atoms with van der Waals surface area (Å²) in [5.74, 6) is -0.715. The number of carbonyl (C=O) groups excluding carboxylic acids is 1. The van der Waals surface area contributed by atoms with E-state index in [2.05, 4.69) is 0 Å². The quantitative estimate of drug-likeness (QED) is 0.797. The average molecular weight is 227 g/mol. The predicted molar refractivity (Wildman–Crippen MR) is 61.1 cm³/mol. The summed E-state index contributed by atoms with van der Waals surface area (Å²) in [6.07, 6.45) is 4.50. The zero-order chi connectivity index (χ0) is 12.1. The molecule has 16 heavy (non-hydrogen) atoms. The molecule has 1 N–H and O–H groups in total. The van der Waals surface area contributed by atoms with E-state index in [1.165, 1.54) is 0 Å². The van der Waals surface area contributed by atoms with E-state index in [-0.39, 0.29) is 17.9 Å². The van der Waals surface area contributed by atoms with Gasteiger partial charge in [-0.15, -0.1) is 0 Å². The van der Waals surface area contributed by atoms with Gasteiger partial charge in [0.25, 0.3) is 0 Å². The van der Waals surface area contributed by atoms with Crippen molar-refractivity contribution in [1.82, 2.24) is 4.90 Å². The molecule has 0 aliphatic heterocycles. The smallest absolute Gasteiger partial charge is 0.306 e. The van der Waals surface area contributed by atoms with Crippen LogP contribution in [0.2, 0.25) is 0 Å². The highest BCUT2D eigenvalue weighted by atomic mass is 16.4. The van der Waals surface area contributed by atoms with E-state index in [1.807, 2.05) is 18.9 Å². The molecule has 4 heteroatoms. The molecule has 1 fully saturated rings. The Hall–Kier alpha value is -1.06. The molecule has 0 saturated heterocycles. The van der Waals surface area contributed by atoms with E-state index in [0.717, 1.165) is 19.3 Å². The summed E-state index contributed by atoms with van der Waals surface area (Å²) in [5.41, 5.74) is 0. The van der Waals surface area contributed by atoms with Gasteiger partial charge in [0.1, 0.15) is 0 Å². The highest BCUT2D eigenvalue weighted by molar-refractivity contribution is 5.76.